The number of carbonyl (C=O) groups excluding carboxylic acids is 2. The number of ether oxygens (including phenoxy) is 2. The summed E-state index contributed by atoms with van der Waals surface area (Å²) in [7, 11) is -2.13. The van der Waals surface area contributed by atoms with E-state index in [2.05, 4.69) is 5.32 Å². The molecule has 12 heteroatoms. The van der Waals surface area contributed by atoms with Gasteiger partial charge in [-0.25, -0.2) is 8.42 Å². The minimum absolute atomic E-state index is 0.0231. The van der Waals surface area contributed by atoms with Crippen molar-refractivity contribution in [2.75, 3.05) is 37.4 Å². The standard InChI is InChI=1S/C25H31Cl2N3O6S/c1-4-21(25(32)28-2)29(16-17-7-8-18(26)14-20(17)27)24(31)6-5-11-30(37(3,33)34)19-9-10-22-23(15-19)36-13-12-35-22/h7-10,14-15,21H,4-6,11-13,16H2,1-3H3,(H,28,32)/t21-/m1/s1. The molecule has 0 radical (unpaired) electrons. The van der Waals surface area contributed by atoms with Crippen molar-refractivity contribution in [3.8, 4) is 11.5 Å². The summed E-state index contributed by atoms with van der Waals surface area (Å²) >= 11 is 12.3. The predicted octanol–water partition coefficient (Wildman–Crippen LogP) is 3.86. The van der Waals surface area contributed by atoms with E-state index in [0.717, 1.165) is 6.26 Å². The number of nitrogens with one attached hydrogen (secondary N) is 1. The highest BCUT2D eigenvalue weighted by atomic mass is 35.5. The monoisotopic (exact) mass is 571 g/mol. The van der Waals surface area contributed by atoms with Crippen LogP contribution in [0.4, 0.5) is 5.69 Å². The lowest BCUT2D eigenvalue weighted by Gasteiger charge is -2.31. The first kappa shape index (κ1) is 28.9. The van der Waals surface area contributed by atoms with E-state index in [9.17, 15) is 18.0 Å². The Kier molecular flexibility index (Phi) is 9.92. The number of halogens is 2. The average molecular weight is 573 g/mol. The highest BCUT2D eigenvalue weighted by Gasteiger charge is 2.29. The van der Waals surface area contributed by atoms with Crippen LogP contribution in [0.25, 0.3) is 0 Å². The smallest absolute Gasteiger partial charge is 0.242 e. The molecule has 0 bridgehead atoms. The van der Waals surface area contributed by atoms with Crippen LogP contribution in [-0.2, 0) is 26.2 Å². The molecule has 1 aliphatic heterocycles. The predicted molar refractivity (Wildman–Crippen MR) is 144 cm³/mol. The fourth-order valence-corrected chi connectivity index (χ4v) is 5.54. The lowest BCUT2D eigenvalue weighted by molar-refractivity contribution is -0.141. The second kappa shape index (κ2) is 12.7. The van der Waals surface area contributed by atoms with E-state index in [0.29, 0.717) is 52.4 Å². The Morgan fingerprint density at radius 3 is 2.41 bits per heavy atom. The number of hydrogen-bond acceptors (Lipinski definition) is 6. The minimum atomic E-state index is -3.64. The molecule has 0 unspecified atom stereocenters. The number of sulfonamides is 1. The van der Waals surface area contributed by atoms with E-state index in [1.807, 2.05) is 6.92 Å². The van der Waals surface area contributed by atoms with Crippen molar-refractivity contribution >= 4 is 50.7 Å². The summed E-state index contributed by atoms with van der Waals surface area (Å²) in [5.74, 6) is 0.429. The summed E-state index contributed by atoms with van der Waals surface area (Å²) in [6.45, 7) is 2.80. The summed E-state index contributed by atoms with van der Waals surface area (Å²) in [6, 6.07) is 9.18. The maximum atomic E-state index is 13.4. The van der Waals surface area contributed by atoms with Gasteiger partial charge in [0, 0.05) is 42.7 Å². The molecular weight excluding hydrogens is 541 g/mol. The van der Waals surface area contributed by atoms with Crippen molar-refractivity contribution < 1.29 is 27.5 Å². The van der Waals surface area contributed by atoms with Crippen LogP contribution < -0.4 is 19.1 Å². The number of nitrogens with zero attached hydrogens (tertiary/aromatic N) is 2. The summed E-state index contributed by atoms with van der Waals surface area (Å²) in [5.41, 5.74) is 1.07. The molecule has 1 heterocycles. The molecule has 0 saturated carbocycles. The fraction of sp³-hybridized carbons (Fsp3) is 0.440. The lowest BCUT2D eigenvalue weighted by Crippen LogP contribution is -2.48. The summed E-state index contributed by atoms with van der Waals surface area (Å²) in [6.07, 6.45) is 1.76. The fourth-order valence-electron chi connectivity index (χ4n) is 4.11. The highest BCUT2D eigenvalue weighted by Crippen LogP contribution is 2.35. The molecule has 2 aromatic carbocycles. The second-order valence-corrected chi connectivity index (χ2v) is 11.3. The highest BCUT2D eigenvalue weighted by molar-refractivity contribution is 7.92. The Morgan fingerprint density at radius 2 is 1.78 bits per heavy atom. The van der Waals surface area contributed by atoms with E-state index in [4.69, 9.17) is 32.7 Å². The zero-order chi connectivity index (χ0) is 27.2. The van der Waals surface area contributed by atoms with Gasteiger partial charge < -0.3 is 19.7 Å². The number of rotatable bonds is 11. The van der Waals surface area contributed by atoms with Crippen LogP contribution in [0, 0.1) is 0 Å². The third kappa shape index (κ3) is 7.43. The third-order valence-electron chi connectivity index (χ3n) is 5.95. The summed E-state index contributed by atoms with van der Waals surface area (Å²) < 4.78 is 37.5. The molecule has 0 aromatic heterocycles. The molecule has 3 rings (SSSR count). The molecule has 37 heavy (non-hydrogen) atoms. The van der Waals surface area contributed by atoms with Crippen molar-refractivity contribution in [2.45, 2.75) is 38.8 Å². The molecule has 1 atom stereocenters. The minimum Gasteiger partial charge on any atom is -0.486 e. The molecule has 0 saturated heterocycles. The Balaban J connectivity index is 1.77. The number of likely N-dealkylation sites (N-methyl/N-ethyl adjacent to an activating group) is 1. The lowest BCUT2D eigenvalue weighted by atomic mass is 10.1. The van der Waals surface area contributed by atoms with Gasteiger partial charge in [0.05, 0.1) is 11.9 Å². The number of amides is 2. The normalized spacial score (nSPS) is 13.5. The van der Waals surface area contributed by atoms with E-state index >= 15 is 0 Å². The van der Waals surface area contributed by atoms with Crippen molar-refractivity contribution in [3.05, 3.63) is 52.0 Å². The van der Waals surface area contributed by atoms with Gasteiger partial charge in [0.25, 0.3) is 0 Å². The maximum Gasteiger partial charge on any atom is 0.242 e. The van der Waals surface area contributed by atoms with Gasteiger partial charge in [0.1, 0.15) is 19.3 Å². The largest absolute Gasteiger partial charge is 0.486 e. The van der Waals surface area contributed by atoms with Crippen LogP contribution >= 0.6 is 23.2 Å². The van der Waals surface area contributed by atoms with Crippen LogP contribution in [0.3, 0.4) is 0 Å². The average Bonchev–Trinajstić information content (AvgIpc) is 2.86. The van der Waals surface area contributed by atoms with Crippen molar-refractivity contribution in [1.29, 1.82) is 0 Å². The number of hydrogen-bond donors (Lipinski definition) is 1. The first-order chi connectivity index (χ1) is 17.5. The zero-order valence-electron chi connectivity index (χ0n) is 21.0. The topological polar surface area (TPSA) is 105 Å². The summed E-state index contributed by atoms with van der Waals surface area (Å²) in [5, 5.41) is 3.46. The van der Waals surface area contributed by atoms with Gasteiger partial charge in [-0.05, 0) is 42.7 Å². The van der Waals surface area contributed by atoms with E-state index in [-0.39, 0.29) is 37.7 Å². The third-order valence-corrected chi connectivity index (χ3v) is 7.74. The number of anilines is 1. The van der Waals surface area contributed by atoms with Gasteiger partial charge in [0.15, 0.2) is 11.5 Å². The molecule has 2 aromatic rings. The van der Waals surface area contributed by atoms with Crippen LogP contribution in [0.1, 0.15) is 31.7 Å². The number of benzene rings is 2. The van der Waals surface area contributed by atoms with Crippen molar-refractivity contribution in [1.82, 2.24) is 10.2 Å². The molecule has 0 fully saturated rings. The summed E-state index contributed by atoms with van der Waals surface area (Å²) in [4.78, 5) is 27.4. The van der Waals surface area contributed by atoms with Crippen LogP contribution in [0.15, 0.2) is 36.4 Å². The Bertz CT molecular complexity index is 1240. The van der Waals surface area contributed by atoms with Crippen molar-refractivity contribution in [3.63, 3.8) is 0 Å². The van der Waals surface area contributed by atoms with Gasteiger partial charge in [-0.3, -0.25) is 13.9 Å². The molecule has 202 valence electrons. The van der Waals surface area contributed by atoms with Gasteiger partial charge in [-0.1, -0.05) is 36.2 Å². The van der Waals surface area contributed by atoms with Gasteiger partial charge in [0.2, 0.25) is 21.8 Å². The molecule has 2 amide bonds. The molecular formula is C25H31Cl2N3O6S. The zero-order valence-corrected chi connectivity index (χ0v) is 23.3. The first-order valence-corrected chi connectivity index (χ1v) is 14.5. The molecule has 1 aliphatic rings. The van der Waals surface area contributed by atoms with Gasteiger partial charge >= 0.3 is 0 Å². The molecule has 1 N–H and O–H groups in total. The number of carbonyl (C=O) groups is 2. The first-order valence-electron chi connectivity index (χ1n) is 11.9. The van der Waals surface area contributed by atoms with Crippen LogP contribution in [0.2, 0.25) is 10.0 Å². The second-order valence-electron chi connectivity index (χ2n) is 8.56. The van der Waals surface area contributed by atoms with Crippen molar-refractivity contribution in [2.24, 2.45) is 0 Å². The molecule has 0 spiro atoms. The van der Waals surface area contributed by atoms with Crippen LogP contribution in [0.5, 0.6) is 11.5 Å². The van der Waals surface area contributed by atoms with E-state index < -0.39 is 16.1 Å². The SMILES string of the molecule is CC[C@H](C(=O)NC)N(Cc1ccc(Cl)cc1Cl)C(=O)CCCN(c1ccc2c(c1)OCCO2)S(C)(=O)=O. The van der Waals surface area contributed by atoms with Gasteiger partial charge in [-0.2, -0.15) is 0 Å². The Labute approximate surface area is 227 Å². The maximum absolute atomic E-state index is 13.4. The van der Waals surface area contributed by atoms with E-state index in [1.54, 1.807) is 36.4 Å². The molecule has 9 nitrogen and oxygen atoms in total. The van der Waals surface area contributed by atoms with Crippen LogP contribution in [-0.4, -0.2) is 64.2 Å². The Morgan fingerprint density at radius 1 is 1.08 bits per heavy atom. The Hall–Kier alpha value is -2.69. The quantitative estimate of drug-likeness (QED) is 0.439. The van der Waals surface area contributed by atoms with E-state index in [1.165, 1.54) is 16.3 Å². The number of fused-ring (bicyclic) bond motifs is 1. The van der Waals surface area contributed by atoms with Gasteiger partial charge in [-0.15, -0.1) is 0 Å². The molecule has 0 aliphatic carbocycles.